The second-order valence-corrected chi connectivity index (χ2v) is 8.32. The third-order valence-electron chi connectivity index (χ3n) is 5.10. The van der Waals surface area contributed by atoms with Crippen LogP contribution in [-0.4, -0.2) is 17.0 Å². The van der Waals surface area contributed by atoms with Crippen molar-refractivity contribution in [2.75, 3.05) is 6.54 Å². The Morgan fingerprint density at radius 3 is 2.57 bits per heavy atom. The van der Waals surface area contributed by atoms with E-state index >= 15 is 0 Å². The molecule has 2 heteroatoms. The van der Waals surface area contributed by atoms with Gasteiger partial charge in [-0.05, 0) is 49.3 Å². The molecule has 0 spiro atoms. The average molecular weight is 304 g/mol. The normalized spacial score (nSPS) is 29.5. The largest absolute Gasteiger partial charge is 0.309 e. The fraction of sp³-hybridized carbons (Fsp3) is 0.684. The third-order valence-corrected chi connectivity index (χ3v) is 6.77. The average Bonchev–Trinajstić information content (AvgIpc) is 3.00. The number of hydrogen-bond donors (Lipinski definition) is 1. The lowest BCUT2D eigenvalue weighted by atomic mass is 9.80. The van der Waals surface area contributed by atoms with Crippen molar-refractivity contribution in [1.82, 2.24) is 5.32 Å². The van der Waals surface area contributed by atoms with E-state index in [1.165, 1.54) is 38.5 Å². The number of benzene rings is 1. The van der Waals surface area contributed by atoms with Gasteiger partial charge in [-0.3, -0.25) is 0 Å². The molecule has 0 amide bonds. The molecule has 116 valence electrons. The smallest absolute Gasteiger partial charge is 0.0443 e. The summed E-state index contributed by atoms with van der Waals surface area (Å²) in [6, 6.07) is 9.69. The lowest BCUT2D eigenvalue weighted by Crippen LogP contribution is -2.36. The molecule has 1 nitrogen and oxygen atoms in total. The summed E-state index contributed by atoms with van der Waals surface area (Å²) < 4.78 is 0. The topological polar surface area (TPSA) is 12.0 Å². The highest BCUT2D eigenvalue weighted by Gasteiger charge is 2.34. The molecule has 0 saturated heterocycles. The summed E-state index contributed by atoms with van der Waals surface area (Å²) in [4.78, 5) is 0. The molecule has 1 fully saturated rings. The summed E-state index contributed by atoms with van der Waals surface area (Å²) in [7, 11) is 0. The van der Waals surface area contributed by atoms with Crippen LogP contribution in [-0.2, 0) is 0 Å². The van der Waals surface area contributed by atoms with Crippen LogP contribution in [0.5, 0.6) is 0 Å². The Bertz CT molecular complexity index is 453. The summed E-state index contributed by atoms with van der Waals surface area (Å²) in [5, 5.41) is 5.52. The van der Waals surface area contributed by atoms with Crippen LogP contribution in [0.1, 0.15) is 75.5 Å². The van der Waals surface area contributed by atoms with Gasteiger partial charge in [0.2, 0.25) is 0 Å². The molecule has 2 aliphatic rings. The van der Waals surface area contributed by atoms with Gasteiger partial charge in [0.05, 0.1) is 0 Å². The van der Waals surface area contributed by atoms with Gasteiger partial charge in [0.25, 0.3) is 0 Å². The fourth-order valence-electron chi connectivity index (χ4n) is 4.00. The summed E-state index contributed by atoms with van der Waals surface area (Å²) in [5.41, 5.74) is 3.15. The van der Waals surface area contributed by atoms with Crippen LogP contribution in [0, 0.1) is 0 Å². The van der Waals surface area contributed by atoms with Crippen LogP contribution in [0.15, 0.2) is 24.3 Å². The molecule has 1 aromatic carbocycles. The fourth-order valence-corrected chi connectivity index (χ4v) is 5.90. The lowest BCUT2D eigenvalue weighted by Gasteiger charge is -2.38. The van der Waals surface area contributed by atoms with E-state index in [1.54, 1.807) is 11.1 Å². The van der Waals surface area contributed by atoms with Gasteiger partial charge in [-0.25, -0.2) is 0 Å². The van der Waals surface area contributed by atoms with Crippen molar-refractivity contribution in [2.24, 2.45) is 0 Å². The van der Waals surface area contributed by atoms with Crippen molar-refractivity contribution in [3.8, 4) is 0 Å². The maximum absolute atomic E-state index is 3.85. The zero-order valence-corrected chi connectivity index (χ0v) is 14.3. The summed E-state index contributed by atoms with van der Waals surface area (Å²) in [6.45, 7) is 5.82. The van der Waals surface area contributed by atoms with Gasteiger partial charge in [0.15, 0.2) is 0 Å². The Hall–Kier alpha value is -0.470. The number of rotatable bonds is 5. The Kier molecular flexibility index (Phi) is 5.29. The monoisotopic (exact) mass is 303 g/mol. The minimum absolute atomic E-state index is 0.558. The zero-order chi connectivity index (χ0) is 14.7. The Morgan fingerprint density at radius 2 is 1.86 bits per heavy atom. The number of thioether (sulfide) groups is 1. The van der Waals surface area contributed by atoms with Crippen LogP contribution < -0.4 is 5.32 Å². The first-order valence-corrected chi connectivity index (χ1v) is 9.71. The van der Waals surface area contributed by atoms with Crippen molar-refractivity contribution in [2.45, 2.75) is 74.8 Å². The summed E-state index contributed by atoms with van der Waals surface area (Å²) in [5.74, 6) is 0.708. The van der Waals surface area contributed by atoms with E-state index in [0.717, 1.165) is 17.0 Å². The highest BCUT2D eigenvalue weighted by atomic mass is 32.2. The predicted octanol–water partition coefficient (Wildman–Crippen LogP) is 5.28. The molecule has 0 aromatic heterocycles. The van der Waals surface area contributed by atoms with Gasteiger partial charge in [-0.1, -0.05) is 51.0 Å². The molecule has 0 radical (unpaired) electrons. The summed E-state index contributed by atoms with van der Waals surface area (Å²) in [6.07, 6.45) is 8.33. The first kappa shape index (κ1) is 15.4. The predicted molar refractivity (Wildman–Crippen MR) is 94.1 cm³/mol. The zero-order valence-electron chi connectivity index (χ0n) is 13.5. The second kappa shape index (κ2) is 7.19. The van der Waals surface area contributed by atoms with E-state index in [9.17, 15) is 0 Å². The molecule has 0 bridgehead atoms. The quantitative estimate of drug-likeness (QED) is 0.794. The van der Waals surface area contributed by atoms with Crippen molar-refractivity contribution >= 4 is 11.8 Å². The standard InChI is InChI=1S/C19H29NS/c1-3-12-20-19-17-11-7-6-10-16(17)14(2)13-18(19)21-15-8-4-5-9-15/h6-7,10-11,14-15,18-20H,3-5,8-9,12-13H2,1-2H3. The van der Waals surface area contributed by atoms with Gasteiger partial charge in [0.1, 0.15) is 0 Å². The van der Waals surface area contributed by atoms with Gasteiger partial charge in [0, 0.05) is 16.5 Å². The lowest BCUT2D eigenvalue weighted by molar-refractivity contribution is 0.443. The molecule has 0 aliphatic heterocycles. The van der Waals surface area contributed by atoms with Gasteiger partial charge in [-0.15, -0.1) is 0 Å². The Morgan fingerprint density at radius 1 is 1.14 bits per heavy atom. The highest BCUT2D eigenvalue weighted by molar-refractivity contribution is 8.00. The minimum Gasteiger partial charge on any atom is -0.309 e. The molecule has 2 aliphatic carbocycles. The molecule has 1 saturated carbocycles. The first-order valence-electron chi connectivity index (χ1n) is 8.77. The van der Waals surface area contributed by atoms with Gasteiger partial charge in [-0.2, -0.15) is 11.8 Å². The summed E-state index contributed by atoms with van der Waals surface area (Å²) >= 11 is 2.29. The Labute approximate surface area is 134 Å². The van der Waals surface area contributed by atoms with E-state index in [4.69, 9.17) is 0 Å². The molecule has 21 heavy (non-hydrogen) atoms. The number of hydrogen-bond acceptors (Lipinski definition) is 2. The van der Waals surface area contributed by atoms with Gasteiger partial charge >= 0.3 is 0 Å². The van der Waals surface area contributed by atoms with Crippen molar-refractivity contribution in [1.29, 1.82) is 0 Å². The molecule has 3 atom stereocenters. The Balaban J connectivity index is 1.81. The van der Waals surface area contributed by atoms with Crippen LogP contribution in [0.2, 0.25) is 0 Å². The van der Waals surface area contributed by atoms with E-state index in [-0.39, 0.29) is 0 Å². The van der Waals surface area contributed by atoms with Crippen molar-refractivity contribution in [3.05, 3.63) is 35.4 Å². The molecule has 3 unspecified atom stereocenters. The molecule has 1 N–H and O–H groups in total. The molecular formula is C19H29NS. The van der Waals surface area contributed by atoms with E-state index in [0.29, 0.717) is 12.0 Å². The van der Waals surface area contributed by atoms with E-state index in [2.05, 4.69) is 55.2 Å². The third kappa shape index (κ3) is 3.48. The van der Waals surface area contributed by atoms with E-state index < -0.39 is 0 Å². The van der Waals surface area contributed by atoms with E-state index in [1.807, 2.05) is 0 Å². The van der Waals surface area contributed by atoms with Crippen molar-refractivity contribution in [3.63, 3.8) is 0 Å². The number of fused-ring (bicyclic) bond motifs is 1. The van der Waals surface area contributed by atoms with Gasteiger partial charge < -0.3 is 5.32 Å². The molecule has 3 rings (SSSR count). The minimum atomic E-state index is 0.558. The van der Waals surface area contributed by atoms with Crippen LogP contribution in [0.4, 0.5) is 0 Å². The number of nitrogens with one attached hydrogen (secondary N) is 1. The van der Waals surface area contributed by atoms with Crippen molar-refractivity contribution < 1.29 is 0 Å². The maximum atomic E-state index is 3.85. The molecule has 1 aromatic rings. The molecule has 0 heterocycles. The molecular weight excluding hydrogens is 274 g/mol. The first-order chi connectivity index (χ1) is 10.3. The second-order valence-electron chi connectivity index (χ2n) is 6.78. The highest BCUT2D eigenvalue weighted by Crippen LogP contribution is 2.46. The van der Waals surface area contributed by atoms with Crippen LogP contribution in [0.3, 0.4) is 0 Å². The maximum Gasteiger partial charge on any atom is 0.0443 e. The SMILES string of the molecule is CCCNC1c2ccccc2C(C)CC1SC1CCCC1. The van der Waals surface area contributed by atoms with Crippen LogP contribution >= 0.6 is 11.8 Å². The van der Waals surface area contributed by atoms with Crippen LogP contribution in [0.25, 0.3) is 0 Å².